The first kappa shape index (κ1) is 19.4. The van der Waals surface area contributed by atoms with Crippen LogP contribution in [-0.2, 0) is 15.9 Å². The Balaban J connectivity index is 1.60. The second-order valence-corrected chi connectivity index (χ2v) is 7.60. The lowest BCUT2D eigenvalue weighted by Gasteiger charge is -2.32. The van der Waals surface area contributed by atoms with Crippen LogP contribution in [0.25, 0.3) is 0 Å². The van der Waals surface area contributed by atoms with E-state index in [1.165, 1.54) is 0 Å². The van der Waals surface area contributed by atoms with Crippen molar-refractivity contribution in [1.29, 1.82) is 0 Å². The van der Waals surface area contributed by atoms with Gasteiger partial charge in [-0.05, 0) is 51.5 Å². The zero-order valence-corrected chi connectivity index (χ0v) is 16.4. The Labute approximate surface area is 160 Å². The quantitative estimate of drug-likeness (QED) is 0.821. The van der Waals surface area contributed by atoms with Crippen LogP contribution < -0.4 is 15.5 Å². The number of carbonyl (C=O) groups is 1. The van der Waals surface area contributed by atoms with Crippen molar-refractivity contribution in [2.45, 2.75) is 45.4 Å². The molecule has 0 spiro atoms. The molecule has 0 saturated carbocycles. The van der Waals surface area contributed by atoms with Crippen molar-refractivity contribution in [1.82, 2.24) is 10.3 Å². The van der Waals surface area contributed by atoms with Crippen molar-refractivity contribution in [3.8, 4) is 5.75 Å². The van der Waals surface area contributed by atoms with E-state index in [0.717, 1.165) is 16.8 Å². The number of aromatic nitrogens is 1. The molecule has 0 atom stereocenters. The summed E-state index contributed by atoms with van der Waals surface area (Å²) >= 11 is 0. The zero-order valence-electron chi connectivity index (χ0n) is 16.4. The highest BCUT2D eigenvalue weighted by Crippen LogP contribution is 2.36. The number of hydrogen-bond acceptors (Lipinski definition) is 5. The van der Waals surface area contributed by atoms with Crippen LogP contribution in [0.4, 0.5) is 0 Å². The van der Waals surface area contributed by atoms with Gasteiger partial charge in [0.2, 0.25) is 0 Å². The smallest absolute Gasteiger partial charge is 0.496 e. The Bertz CT molecular complexity index is 788. The molecule has 1 aliphatic heterocycles. The topological polar surface area (TPSA) is 69.7 Å². The molecule has 1 aromatic carbocycles. The van der Waals surface area contributed by atoms with E-state index in [2.05, 4.69) is 10.3 Å². The maximum atomic E-state index is 12.3. The van der Waals surface area contributed by atoms with E-state index in [-0.39, 0.29) is 5.91 Å². The number of pyridine rings is 1. The third-order valence-electron chi connectivity index (χ3n) is 5.16. The van der Waals surface area contributed by atoms with Gasteiger partial charge in [0.05, 0.1) is 18.3 Å². The molecule has 1 aliphatic rings. The zero-order chi connectivity index (χ0) is 19.7. The van der Waals surface area contributed by atoms with Crippen LogP contribution >= 0.6 is 0 Å². The highest BCUT2D eigenvalue weighted by atomic mass is 16.7. The van der Waals surface area contributed by atoms with E-state index in [4.69, 9.17) is 14.0 Å². The molecule has 0 unspecified atom stereocenters. The largest absolute Gasteiger partial charge is 0.497 e. The summed E-state index contributed by atoms with van der Waals surface area (Å²) in [4.78, 5) is 16.6. The Morgan fingerprint density at radius 1 is 1.07 bits per heavy atom. The highest BCUT2D eigenvalue weighted by Gasteiger charge is 2.51. The van der Waals surface area contributed by atoms with Gasteiger partial charge in [0.25, 0.3) is 5.91 Å². The summed E-state index contributed by atoms with van der Waals surface area (Å²) in [5.41, 5.74) is 1.31. The molecule has 27 heavy (non-hydrogen) atoms. The molecule has 1 aromatic heterocycles. The number of hydrogen-bond donors (Lipinski definition) is 1. The predicted octanol–water partition coefficient (Wildman–Crippen LogP) is 2.32. The Morgan fingerprint density at radius 2 is 1.70 bits per heavy atom. The predicted molar refractivity (Wildman–Crippen MR) is 104 cm³/mol. The molecule has 0 radical (unpaired) electrons. The van der Waals surface area contributed by atoms with Crippen LogP contribution in [0.2, 0.25) is 0 Å². The second kappa shape index (κ2) is 7.33. The number of benzene rings is 1. The second-order valence-electron chi connectivity index (χ2n) is 7.60. The maximum Gasteiger partial charge on any atom is 0.496 e. The van der Waals surface area contributed by atoms with Gasteiger partial charge < -0.3 is 19.4 Å². The third-order valence-corrected chi connectivity index (χ3v) is 5.16. The van der Waals surface area contributed by atoms with Crippen LogP contribution in [0.15, 0.2) is 42.6 Å². The number of ether oxygens (including phenoxy) is 1. The first-order valence-electron chi connectivity index (χ1n) is 8.94. The van der Waals surface area contributed by atoms with Crippen molar-refractivity contribution in [3.05, 3.63) is 53.9 Å². The Morgan fingerprint density at radius 3 is 2.22 bits per heavy atom. The lowest BCUT2D eigenvalue weighted by Crippen LogP contribution is -2.41. The van der Waals surface area contributed by atoms with E-state index >= 15 is 0 Å². The summed E-state index contributed by atoms with van der Waals surface area (Å²) in [6, 6.07) is 11.0. The Hall–Kier alpha value is -2.38. The maximum absolute atomic E-state index is 12.3. The van der Waals surface area contributed by atoms with E-state index in [1.807, 2.05) is 58.0 Å². The fourth-order valence-electron chi connectivity index (χ4n) is 2.67. The molecule has 2 heterocycles. The fourth-order valence-corrected chi connectivity index (χ4v) is 2.67. The first-order chi connectivity index (χ1) is 12.7. The molecular formula is C20H25BN2O4. The van der Waals surface area contributed by atoms with Crippen LogP contribution in [-0.4, -0.2) is 36.3 Å². The molecular weight excluding hydrogens is 343 g/mol. The number of rotatable bonds is 5. The molecule has 7 heteroatoms. The first-order valence-corrected chi connectivity index (χ1v) is 8.94. The van der Waals surface area contributed by atoms with Gasteiger partial charge in [0.1, 0.15) is 11.4 Å². The summed E-state index contributed by atoms with van der Waals surface area (Å²) in [5, 5.41) is 2.86. The van der Waals surface area contributed by atoms with Gasteiger partial charge in [-0.25, -0.2) is 0 Å². The molecule has 3 rings (SSSR count). The summed E-state index contributed by atoms with van der Waals surface area (Å²) in [6.07, 6.45) is 1.63. The van der Waals surface area contributed by atoms with Crippen LogP contribution in [0.1, 0.15) is 43.7 Å². The monoisotopic (exact) mass is 368 g/mol. The van der Waals surface area contributed by atoms with Gasteiger partial charge in [-0.15, -0.1) is 0 Å². The third kappa shape index (κ3) is 4.15. The minimum Gasteiger partial charge on any atom is -0.497 e. The van der Waals surface area contributed by atoms with E-state index in [0.29, 0.717) is 12.2 Å². The Kier molecular flexibility index (Phi) is 5.26. The molecule has 1 N–H and O–H groups in total. The SMILES string of the molecule is COc1ccc(CNC(=O)c2ccc(B3OC(C)(C)C(C)(C)O3)cn2)cc1. The molecule has 0 bridgehead atoms. The number of amides is 1. The van der Waals surface area contributed by atoms with Gasteiger partial charge in [-0.3, -0.25) is 9.78 Å². The van der Waals surface area contributed by atoms with Crippen molar-refractivity contribution < 1.29 is 18.8 Å². The average Bonchev–Trinajstić information content (AvgIpc) is 2.87. The molecule has 0 aliphatic carbocycles. The van der Waals surface area contributed by atoms with Crippen molar-refractivity contribution >= 4 is 18.5 Å². The normalized spacial score (nSPS) is 17.6. The summed E-state index contributed by atoms with van der Waals surface area (Å²) in [7, 11) is 1.13. The lowest BCUT2D eigenvalue weighted by molar-refractivity contribution is 0.00578. The number of carbonyl (C=O) groups excluding carboxylic acids is 1. The molecule has 6 nitrogen and oxygen atoms in total. The lowest BCUT2D eigenvalue weighted by atomic mass is 9.80. The molecule has 142 valence electrons. The molecule has 1 saturated heterocycles. The average molecular weight is 368 g/mol. The molecule has 2 aromatic rings. The molecule has 1 fully saturated rings. The molecule has 1 amide bonds. The van der Waals surface area contributed by atoms with E-state index < -0.39 is 18.3 Å². The minimum absolute atomic E-state index is 0.230. The van der Waals surface area contributed by atoms with Crippen LogP contribution in [0, 0.1) is 0 Å². The van der Waals surface area contributed by atoms with Gasteiger partial charge in [-0.1, -0.05) is 18.2 Å². The van der Waals surface area contributed by atoms with Crippen molar-refractivity contribution in [2.75, 3.05) is 7.11 Å². The van der Waals surface area contributed by atoms with E-state index in [1.54, 1.807) is 19.4 Å². The summed E-state index contributed by atoms with van der Waals surface area (Å²) in [5.74, 6) is 0.552. The van der Waals surface area contributed by atoms with E-state index in [9.17, 15) is 4.79 Å². The van der Waals surface area contributed by atoms with Crippen molar-refractivity contribution in [2.24, 2.45) is 0 Å². The van der Waals surface area contributed by atoms with Crippen LogP contribution in [0.5, 0.6) is 5.75 Å². The minimum atomic E-state index is -0.487. The van der Waals surface area contributed by atoms with Crippen LogP contribution in [0.3, 0.4) is 0 Å². The van der Waals surface area contributed by atoms with Gasteiger partial charge in [-0.2, -0.15) is 0 Å². The summed E-state index contributed by atoms with van der Waals surface area (Å²) in [6.45, 7) is 8.43. The number of nitrogens with zero attached hydrogens (tertiary/aromatic N) is 1. The number of nitrogens with one attached hydrogen (secondary N) is 1. The van der Waals surface area contributed by atoms with Gasteiger partial charge >= 0.3 is 7.12 Å². The fraction of sp³-hybridized carbons (Fsp3) is 0.400. The van der Waals surface area contributed by atoms with Crippen molar-refractivity contribution in [3.63, 3.8) is 0 Å². The number of methoxy groups -OCH3 is 1. The standard InChI is InChI=1S/C20H25BN2O4/c1-19(2)20(3,4)27-21(26-19)15-8-11-17(22-13-15)18(24)23-12-14-6-9-16(25-5)10-7-14/h6-11,13H,12H2,1-5H3,(H,23,24). The highest BCUT2D eigenvalue weighted by molar-refractivity contribution is 6.62. The van der Waals surface area contributed by atoms with Gasteiger partial charge in [0.15, 0.2) is 0 Å². The summed E-state index contributed by atoms with van der Waals surface area (Å²) < 4.78 is 17.1. The van der Waals surface area contributed by atoms with Gasteiger partial charge in [0, 0.05) is 18.2 Å².